The van der Waals surface area contributed by atoms with Gasteiger partial charge in [0.1, 0.15) is 19.3 Å². The third-order valence-electron chi connectivity index (χ3n) is 16.3. The van der Waals surface area contributed by atoms with Crippen molar-refractivity contribution in [2.45, 2.75) is 329 Å². The van der Waals surface area contributed by atoms with Gasteiger partial charge < -0.3 is 33.8 Å². The summed E-state index contributed by atoms with van der Waals surface area (Å²) in [6.45, 7) is 4.45. The van der Waals surface area contributed by atoms with Crippen LogP contribution in [0.15, 0.2) is 146 Å². The second-order valence-corrected chi connectivity index (χ2v) is 29.1. The Morgan fingerprint density at radius 1 is 0.279 bits per heavy atom. The lowest BCUT2D eigenvalue weighted by atomic mass is 10.0. The summed E-state index contributed by atoms with van der Waals surface area (Å²) >= 11 is 0. The summed E-state index contributed by atoms with van der Waals surface area (Å²) in [6.07, 6.45) is 86.9. The lowest BCUT2D eigenvalue weighted by Crippen LogP contribution is -2.30. The number of aliphatic hydroxyl groups excluding tert-OH is 1. The van der Waals surface area contributed by atoms with Crippen LogP contribution in [0.5, 0.6) is 0 Å². The van der Waals surface area contributed by atoms with Gasteiger partial charge in [0.15, 0.2) is 12.2 Å². The number of esters is 4. The molecule has 594 valence electrons. The van der Waals surface area contributed by atoms with E-state index in [9.17, 15) is 43.2 Å². The van der Waals surface area contributed by atoms with E-state index < -0.39 is 97.5 Å². The maximum absolute atomic E-state index is 13.1. The van der Waals surface area contributed by atoms with Gasteiger partial charge in [-0.15, -0.1) is 0 Å². The SMILES string of the molecule is CC/C=C\C/C=C\C/C=C\C/C=C\C/C=C\CCCC(=O)OCC(COP(=O)(O)OCC(O)COP(=O)(O)OCC(COC(=O)CCCCCCCCC/C=C\C/C=C\C/C=C\CC)OC(=O)CCCCCCCCCCCCCCC)OC(=O)CCCCCC/C=C\C/C=C\C/C=C\C/C=C\CC. The molecule has 0 aliphatic heterocycles. The Kier molecular flexibility index (Phi) is 72.4. The summed E-state index contributed by atoms with van der Waals surface area (Å²) in [5, 5.41) is 10.6. The molecule has 19 heteroatoms. The number of aliphatic hydroxyl groups is 1. The lowest BCUT2D eigenvalue weighted by Gasteiger charge is -2.21. The molecule has 104 heavy (non-hydrogen) atoms. The summed E-state index contributed by atoms with van der Waals surface area (Å²) < 4.78 is 68.6. The van der Waals surface area contributed by atoms with Crippen molar-refractivity contribution in [2.24, 2.45) is 0 Å². The number of allylic oxidation sites excluding steroid dienone is 24. The van der Waals surface area contributed by atoms with Crippen molar-refractivity contribution in [1.82, 2.24) is 0 Å². The van der Waals surface area contributed by atoms with E-state index in [4.69, 9.17) is 37.0 Å². The molecule has 0 aliphatic carbocycles. The first kappa shape index (κ1) is 98.9. The number of unbranched alkanes of at least 4 members (excludes halogenated alkanes) is 24. The molecule has 3 N–H and O–H groups in total. The van der Waals surface area contributed by atoms with E-state index in [2.05, 4.69) is 161 Å². The zero-order valence-electron chi connectivity index (χ0n) is 64.9. The molecule has 0 radical (unpaired) electrons. The van der Waals surface area contributed by atoms with Gasteiger partial charge in [-0.2, -0.15) is 0 Å². The molecule has 0 heterocycles. The molecule has 0 saturated heterocycles. The maximum Gasteiger partial charge on any atom is 0.472 e. The van der Waals surface area contributed by atoms with Crippen molar-refractivity contribution in [3.8, 4) is 0 Å². The summed E-state index contributed by atoms with van der Waals surface area (Å²) in [6, 6.07) is 0. The fourth-order valence-electron chi connectivity index (χ4n) is 10.3. The van der Waals surface area contributed by atoms with Gasteiger partial charge in [0.25, 0.3) is 0 Å². The molecule has 0 fully saturated rings. The van der Waals surface area contributed by atoms with Gasteiger partial charge in [-0.25, -0.2) is 9.13 Å². The topological polar surface area (TPSA) is 237 Å². The number of phosphoric ester groups is 2. The van der Waals surface area contributed by atoms with Crippen LogP contribution < -0.4 is 0 Å². The van der Waals surface area contributed by atoms with Crippen LogP contribution in [0.2, 0.25) is 0 Å². The Balaban J connectivity index is 5.43. The van der Waals surface area contributed by atoms with Crippen LogP contribution in [0, 0.1) is 0 Å². The molecule has 5 atom stereocenters. The van der Waals surface area contributed by atoms with Crippen molar-refractivity contribution in [3.63, 3.8) is 0 Å². The molecule has 0 amide bonds. The van der Waals surface area contributed by atoms with Gasteiger partial charge in [0, 0.05) is 25.7 Å². The molecular formula is C85H142O17P2. The summed E-state index contributed by atoms with van der Waals surface area (Å²) in [5.41, 5.74) is 0. The highest BCUT2D eigenvalue weighted by molar-refractivity contribution is 7.47. The number of carbonyl (C=O) groups excluding carboxylic acids is 4. The summed E-state index contributed by atoms with van der Waals surface area (Å²) in [5.74, 6) is -2.28. The van der Waals surface area contributed by atoms with Crippen LogP contribution in [0.25, 0.3) is 0 Å². The number of carbonyl (C=O) groups is 4. The predicted molar refractivity (Wildman–Crippen MR) is 427 cm³/mol. The Morgan fingerprint density at radius 2 is 0.510 bits per heavy atom. The van der Waals surface area contributed by atoms with Crippen LogP contribution in [0.4, 0.5) is 0 Å². The molecular weight excluding hydrogens is 1350 g/mol. The third kappa shape index (κ3) is 75.2. The minimum atomic E-state index is -5.00. The van der Waals surface area contributed by atoms with Gasteiger partial charge in [0.2, 0.25) is 0 Å². The average molecular weight is 1500 g/mol. The van der Waals surface area contributed by atoms with E-state index in [1.54, 1.807) is 0 Å². The van der Waals surface area contributed by atoms with Crippen molar-refractivity contribution < 1.29 is 80.2 Å². The molecule has 0 rings (SSSR count). The minimum absolute atomic E-state index is 0.0507. The third-order valence-corrected chi connectivity index (χ3v) is 18.2. The van der Waals surface area contributed by atoms with Crippen LogP contribution in [-0.4, -0.2) is 96.7 Å². The van der Waals surface area contributed by atoms with E-state index >= 15 is 0 Å². The zero-order chi connectivity index (χ0) is 76.0. The molecule has 17 nitrogen and oxygen atoms in total. The Morgan fingerprint density at radius 3 is 0.808 bits per heavy atom. The number of ether oxygens (including phenoxy) is 4. The van der Waals surface area contributed by atoms with Crippen LogP contribution >= 0.6 is 15.6 Å². The fourth-order valence-corrected chi connectivity index (χ4v) is 11.9. The Hall–Kier alpha value is -5.06. The Labute approximate surface area is 630 Å². The molecule has 0 aliphatic rings. The summed E-state index contributed by atoms with van der Waals surface area (Å²) in [4.78, 5) is 73.0. The molecule has 0 bridgehead atoms. The monoisotopic (exact) mass is 1500 g/mol. The maximum atomic E-state index is 13.1. The standard InChI is InChI=1S/C85H142O17P2/c1-5-9-13-17-21-25-29-33-36-39-42-46-49-53-57-61-65-69-82(87)95-75-80(101-84(89)71-67-63-59-55-51-45-32-28-24-20-16-12-8-4)77-99-103(91,92)97-73-79(86)74-98-104(93,94)100-78-81(102-85(90)72-68-64-60-56-52-48-44-41-38-35-31-27-23-19-15-11-7-3)76-96-83(88)70-66-62-58-54-50-47-43-40-37-34-30-26-22-18-14-10-6-2/h9-11,13-15,21-23,25-27,33-38,43-44,47-48,54,58,79-81,86H,5-8,12,16-20,24,28-32,39-42,45-46,49-53,55-57,59-78H2,1-4H3,(H,91,92)(H,93,94)/b13-9-,14-10-,15-11-,25-21-,26-22-,27-23-,36-33-,37-34-,38-35-,47-43-,48-44-,58-54-. The largest absolute Gasteiger partial charge is 0.472 e. The van der Waals surface area contributed by atoms with E-state index in [0.717, 1.165) is 173 Å². The van der Waals surface area contributed by atoms with E-state index in [1.807, 2.05) is 12.2 Å². The quantitative estimate of drug-likeness (QED) is 0.0169. The molecule has 0 spiro atoms. The first-order chi connectivity index (χ1) is 50.7. The van der Waals surface area contributed by atoms with Gasteiger partial charge >= 0.3 is 39.5 Å². The summed E-state index contributed by atoms with van der Waals surface area (Å²) in [7, 11) is -9.99. The van der Waals surface area contributed by atoms with Gasteiger partial charge in [-0.1, -0.05) is 296 Å². The van der Waals surface area contributed by atoms with E-state index in [-0.39, 0.29) is 25.7 Å². The number of hydrogen-bond donors (Lipinski definition) is 3. The van der Waals surface area contributed by atoms with Crippen molar-refractivity contribution in [3.05, 3.63) is 146 Å². The zero-order valence-corrected chi connectivity index (χ0v) is 66.7. The fraction of sp³-hybridized carbons (Fsp3) is 0.671. The highest BCUT2D eigenvalue weighted by Crippen LogP contribution is 2.45. The van der Waals surface area contributed by atoms with E-state index in [1.165, 1.54) is 51.4 Å². The lowest BCUT2D eigenvalue weighted by molar-refractivity contribution is -0.161. The van der Waals surface area contributed by atoms with Crippen molar-refractivity contribution in [1.29, 1.82) is 0 Å². The van der Waals surface area contributed by atoms with E-state index in [0.29, 0.717) is 32.1 Å². The van der Waals surface area contributed by atoms with Gasteiger partial charge in [-0.3, -0.25) is 37.3 Å². The van der Waals surface area contributed by atoms with Crippen molar-refractivity contribution >= 4 is 39.5 Å². The second kappa shape index (κ2) is 76.1. The van der Waals surface area contributed by atoms with Crippen LogP contribution in [0.1, 0.15) is 310 Å². The smallest absolute Gasteiger partial charge is 0.462 e. The molecule has 0 saturated carbocycles. The minimum Gasteiger partial charge on any atom is -0.462 e. The van der Waals surface area contributed by atoms with Crippen molar-refractivity contribution in [2.75, 3.05) is 39.6 Å². The number of phosphoric acid groups is 2. The second-order valence-electron chi connectivity index (χ2n) is 26.2. The average Bonchev–Trinajstić information content (AvgIpc) is 0.910. The number of hydrogen-bond acceptors (Lipinski definition) is 15. The molecule has 0 aromatic heterocycles. The predicted octanol–water partition coefficient (Wildman–Crippen LogP) is 23.4. The molecule has 0 aromatic rings. The Bertz CT molecular complexity index is 2540. The highest BCUT2D eigenvalue weighted by atomic mass is 31.2. The van der Waals surface area contributed by atoms with Crippen LogP contribution in [0.3, 0.4) is 0 Å². The van der Waals surface area contributed by atoms with Crippen LogP contribution in [-0.2, 0) is 65.4 Å². The highest BCUT2D eigenvalue weighted by Gasteiger charge is 2.30. The molecule has 0 aromatic carbocycles. The van der Waals surface area contributed by atoms with Gasteiger partial charge in [0.05, 0.1) is 26.4 Å². The normalized spacial score (nSPS) is 14.6. The first-order valence-electron chi connectivity index (χ1n) is 40.1. The van der Waals surface area contributed by atoms with Gasteiger partial charge in [-0.05, 0) is 135 Å². The number of rotatable bonds is 74. The molecule has 5 unspecified atom stereocenters. The first-order valence-corrected chi connectivity index (χ1v) is 43.1.